The summed E-state index contributed by atoms with van der Waals surface area (Å²) in [4.78, 5) is 12.1. The molecule has 2 heterocycles. The van der Waals surface area contributed by atoms with E-state index in [1.165, 1.54) is 4.68 Å². The summed E-state index contributed by atoms with van der Waals surface area (Å²) in [5, 5.41) is 7.50. The maximum absolute atomic E-state index is 12.1. The Balaban J connectivity index is 2.04. The Morgan fingerprint density at radius 3 is 2.84 bits per heavy atom. The van der Waals surface area contributed by atoms with Gasteiger partial charge in [-0.2, -0.15) is 5.10 Å². The number of ether oxygens (including phenoxy) is 1. The molecule has 0 aromatic carbocycles. The van der Waals surface area contributed by atoms with Crippen molar-refractivity contribution < 1.29 is 4.74 Å². The smallest absolute Gasteiger partial charge is 0.283 e. The van der Waals surface area contributed by atoms with Crippen molar-refractivity contribution in [1.82, 2.24) is 9.78 Å². The molecule has 1 aliphatic heterocycles. The highest BCUT2D eigenvalue weighted by Crippen LogP contribution is 2.20. The average molecular weight is 330 g/mol. The monoisotopic (exact) mass is 329 g/mol. The zero-order valence-corrected chi connectivity index (χ0v) is 12.9. The van der Waals surface area contributed by atoms with Crippen LogP contribution in [0.25, 0.3) is 0 Å². The van der Waals surface area contributed by atoms with Gasteiger partial charge in [-0.05, 0) is 48.5 Å². The lowest BCUT2D eigenvalue weighted by atomic mass is 10.0. The number of halogens is 1. The van der Waals surface area contributed by atoms with Gasteiger partial charge in [0.25, 0.3) is 5.56 Å². The summed E-state index contributed by atoms with van der Waals surface area (Å²) >= 11 is 3.36. The van der Waals surface area contributed by atoms with Crippen LogP contribution in [0.5, 0.6) is 0 Å². The van der Waals surface area contributed by atoms with E-state index in [1.807, 2.05) is 13.8 Å². The summed E-state index contributed by atoms with van der Waals surface area (Å²) in [5.41, 5.74) is 0.681. The molecule has 2 rings (SSSR count). The first-order chi connectivity index (χ1) is 9.09. The number of nitrogens with one attached hydrogen (secondary N) is 1. The van der Waals surface area contributed by atoms with Gasteiger partial charge in [-0.25, -0.2) is 4.68 Å². The second-order valence-corrected chi connectivity index (χ2v) is 5.95. The molecular formula is C13H20BrN3O2. The zero-order chi connectivity index (χ0) is 13.8. The third-order valence-electron chi connectivity index (χ3n) is 3.35. The van der Waals surface area contributed by atoms with Gasteiger partial charge < -0.3 is 10.1 Å². The van der Waals surface area contributed by atoms with Crippen molar-refractivity contribution in [3.05, 3.63) is 21.0 Å². The maximum Gasteiger partial charge on any atom is 0.283 e. The summed E-state index contributed by atoms with van der Waals surface area (Å²) in [6.45, 7) is 6.40. The molecule has 0 saturated carbocycles. The van der Waals surface area contributed by atoms with E-state index in [9.17, 15) is 4.79 Å². The van der Waals surface area contributed by atoms with Crippen molar-refractivity contribution in [3.8, 4) is 0 Å². The van der Waals surface area contributed by atoms with Crippen LogP contribution >= 0.6 is 15.9 Å². The van der Waals surface area contributed by atoms with Crippen LogP contribution in [-0.2, 0) is 4.74 Å². The number of anilines is 1. The van der Waals surface area contributed by atoms with Gasteiger partial charge >= 0.3 is 0 Å². The third-order valence-corrected chi connectivity index (χ3v) is 4.12. The fourth-order valence-electron chi connectivity index (χ4n) is 2.14. The van der Waals surface area contributed by atoms with E-state index >= 15 is 0 Å². The molecule has 0 amide bonds. The predicted octanol–water partition coefficient (Wildman–Crippen LogP) is 2.43. The Labute approximate surface area is 121 Å². The van der Waals surface area contributed by atoms with Crippen LogP contribution in [0, 0.1) is 5.92 Å². The number of nitrogens with zero attached hydrogens (tertiary/aromatic N) is 2. The molecule has 0 spiro atoms. The van der Waals surface area contributed by atoms with Crippen molar-refractivity contribution in [2.24, 2.45) is 5.92 Å². The van der Waals surface area contributed by atoms with Crippen molar-refractivity contribution in [3.63, 3.8) is 0 Å². The van der Waals surface area contributed by atoms with Crippen molar-refractivity contribution in [2.45, 2.75) is 32.7 Å². The highest BCUT2D eigenvalue weighted by atomic mass is 79.9. The average Bonchev–Trinajstić information content (AvgIpc) is 2.41. The van der Waals surface area contributed by atoms with Gasteiger partial charge in [-0.15, -0.1) is 0 Å². The Morgan fingerprint density at radius 2 is 2.21 bits per heavy atom. The molecule has 1 aliphatic rings. The van der Waals surface area contributed by atoms with E-state index in [-0.39, 0.29) is 11.6 Å². The quantitative estimate of drug-likeness (QED) is 0.921. The molecule has 1 fully saturated rings. The minimum absolute atomic E-state index is 0.0633. The molecule has 1 aromatic heterocycles. The van der Waals surface area contributed by atoms with Crippen LogP contribution < -0.4 is 10.9 Å². The molecule has 6 heteroatoms. The number of rotatable bonds is 4. The van der Waals surface area contributed by atoms with Gasteiger partial charge in [0.1, 0.15) is 4.47 Å². The molecule has 0 atom stereocenters. The van der Waals surface area contributed by atoms with Gasteiger partial charge in [0.15, 0.2) is 0 Å². The fraction of sp³-hybridized carbons (Fsp3) is 0.692. The van der Waals surface area contributed by atoms with E-state index in [0.717, 1.165) is 38.3 Å². The van der Waals surface area contributed by atoms with Crippen LogP contribution in [0.4, 0.5) is 5.69 Å². The Kier molecular flexibility index (Phi) is 4.99. The first-order valence-electron chi connectivity index (χ1n) is 6.68. The van der Waals surface area contributed by atoms with E-state index in [1.54, 1.807) is 6.20 Å². The molecule has 0 bridgehead atoms. The molecule has 0 radical (unpaired) electrons. The van der Waals surface area contributed by atoms with Crippen molar-refractivity contribution in [1.29, 1.82) is 0 Å². The molecule has 0 unspecified atom stereocenters. The molecule has 106 valence electrons. The van der Waals surface area contributed by atoms with E-state index in [0.29, 0.717) is 10.4 Å². The summed E-state index contributed by atoms with van der Waals surface area (Å²) < 4.78 is 7.37. The Bertz CT molecular complexity index is 481. The number of hydrogen-bond donors (Lipinski definition) is 1. The van der Waals surface area contributed by atoms with E-state index in [4.69, 9.17) is 4.74 Å². The summed E-state index contributed by atoms with van der Waals surface area (Å²) in [5.74, 6) is 0.605. The molecule has 1 saturated heterocycles. The largest absolute Gasteiger partial charge is 0.382 e. The summed E-state index contributed by atoms with van der Waals surface area (Å²) in [6.07, 6.45) is 3.85. The summed E-state index contributed by atoms with van der Waals surface area (Å²) in [6, 6.07) is 0.0633. The van der Waals surface area contributed by atoms with Crippen molar-refractivity contribution in [2.75, 3.05) is 25.1 Å². The molecule has 1 aromatic rings. The van der Waals surface area contributed by atoms with Crippen LogP contribution in [0.15, 0.2) is 15.5 Å². The second kappa shape index (κ2) is 6.52. The van der Waals surface area contributed by atoms with E-state index in [2.05, 4.69) is 26.3 Å². The van der Waals surface area contributed by atoms with Crippen molar-refractivity contribution >= 4 is 21.6 Å². The lowest BCUT2D eigenvalue weighted by Crippen LogP contribution is -2.27. The van der Waals surface area contributed by atoms with Gasteiger partial charge in [0.05, 0.1) is 17.9 Å². The highest BCUT2D eigenvalue weighted by Gasteiger charge is 2.15. The Morgan fingerprint density at radius 1 is 1.53 bits per heavy atom. The van der Waals surface area contributed by atoms with Gasteiger partial charge in [-0.1, -0.05) is 0 Å². The predicted molar refractivity (Wildman–Crippen MR) is 78.6 cm³/mol. The van der Waals surface area contributed by atoms with Gasteiger partial charge in [-0.3, -0.25) is 4.79 Å². The minimum atomic E-state index is -0.0908. The standard InChI is InChI=1S/C13H20BrN3O2/c1-9(2)17-13(18)12(14)11(8-16-17)15-7-10-3-5-19-6-4-10/h8-10,15H,3-7H2,1-2H3. The van der Waals surface area contributed by atoms with Crippen LogP contribution in [0.3, 0.4) is 0 Å². The second-order valence-electron chi connectivity index (χ2n) is 5.15. The van der Waals surface area contributed by atoms with E-state index < -0.39 is 0 Å². The zero-order valence-electron chi connectivity index (χ0n) is 11.4. The molecule has 19 heavy (non-hydrogen) atoms. The Hall–Kier alpha value is -0.880. The number of aromatic nitrogens is 2. The molecule has 5 nitrogen and oxygen atoms in total. The van der Waals surface area contributed by atoms with Gasteiger partial charge in [0.2, 0.25) is 0 Å². The minimum Gasteiger partial charge on any atom is -0.382 e. The molecular weight excluding hydrogens is 310 g/mol. The summed E-state index contributed by atoms with van der Waals surface area (Å²) in [7, 11) is 0. The first kappa shape index (κ1) is 14.5. The number of hydrogen-bond acceptors (Lipinski definition) is 4. The normalized spacial score (nSPS) is 16.8. The highest BCUT2D eigenvalue weighted by molar-refractivity contribution is 9.10. The van der Waals surface area contributed by atoms with Crippen LogP contribution in [-0.4, -0.2) is 29.5 Å². The van der Waals surface area contributed by atoms with Crippen LogP contribution in [0.1, 0.15) is 32.7 Å². The molecule has 1 N–H and O–H groups in total. The lowest BCUT2D eigenvalue weighted by molar-refractivity contribution is 0.0699. The van der Waals surface area contributed by atoms with Gasteiger partial charge in [0, 0.05) is 19.8 Å². The topological polar surface area (TPSA) is 56.1 Å². The lowest BCUT2D eigenvalue weighted by Gasteiger charge is -2.23. The third kappa shape index (κ3) is 3.57. The van der Waals surface area contributed by atoms with Crippen LogP contribution in [0.2, 0.25) is 0 Å². The molecule has 0 aliphatic carbocycles. The first-order valence-corrected chi connectivity index (χ1v) is 7.48. The fourth-order valence-corrected chi connectivity index (χ4v) is 2.56. The SMILES string of the molecule is CC(C)n1ncc(NCC2CCOCC2)c(Br)c1=O. The maximum atomic E-state index is 12.1.